The molecule has 2 amide bonds. The van der Waals surface area contributed by atoms with Crippen LogP contribution in [0.3, 0.4) is 0 Å². The first-order chi connectivity index (χ1) is 12.0. The van der Waals surface area contributed by atoms with Crippen LogP contribution in [0.4, 0.5) is 0 Å². The lowest BCUT2D eigenvalue weighted by Gasteiger charge is -2.37. The van der Waals surface area contributed by atoms with Crippen molar-refractivity contribution in [3.05, 3.63) is 23.2 Å². The molecule has 2 aliphatic heterocycles. The Kier molecular flexibility index (Phi) is 5.44. The molecular formula is C18H27N3O4. The summed E-state index contributed by atoms with van der Waals surface area (Å²) in [6.45, 7) is 7.08. The Balaban J connectivity index is 1.55. The second kappa shape index (κ2) is 7.58. The average Bonchev–Trinajstić information content (AvgIpc) is 2.99. The summed E-state index contributed by atoms with van der Waals surface area (Å²) in [5, 5.41) is 0. The molecule has 0 aliphatic carbocycles. The van der Waals surface area contributed by atoms with Gasteiger partial charge in [0.05, 0.1) is 11.6 Å². The fourth-order valence-corrected chi connectivity index (χ4v) is 3.63. The maximum atomic E-state index is 12.6. The molecule has 7 heteroatoms. The zero-order valence-corrected chi connectivity index (χ0v) is 15.0. The summed E-state index contributed by atoms with van der Waals surface area (Å²) in [5.74, 6) is 1.53. The van der Waals surface area contributed by atoms with Crippen molar-refractivity contribution >= 4 is 11.8 Å². The summed E-state index contributed by atoms with van der Waals surface area (Å²) in [5.41, 5.74) is 6.80. The Morgan fingerprint density at radius 3 is 2.28 bits per heavy atom. The van der Waals surface area contributed by atoms with Crippen molar-refractivity contribution in [2.75, 3.05) is 39.4 Å². The largest absolute Gasteiger partial charge is 0.466 e. The fourth-order valence-electron chi connectivity index (χ4n) is 3.63. The number of furan rings is 1. The van der Waals surface area contributed by atoms with Gasteiger partial charge >= 0.3 is 0 Å². The third-order valence-electron chi connectivity index (χ3n) is 5.21. The molecule has 0 bridgehead atoms. The van der Waals surface area contributed by atoms with Crippen molar-refractivity contribution < 1.29 is 18.7 Å². The molecule has 3 heterocycles. The van der Waals surface area contributed by atoms with Crippen LogP contribution in [0.1, 0.15) is 34.7 Å². The minimum absolute atomic E-state index is 0.00525. The van der Waals surface area contributed by atoms with E-state index < -0.39 is 6.04 Å². The lowest BCUT2D eigenvalue weighted by Crippen LogP contribution is -2.56. The molecule has 7 nitrogen and oxygen atoms in total. The van der Waals surface area contributed by atoms with Gasteiger partial charge in [-0.25, -0.2) is 0 Å². The minimum atomic E-state index is -0.468. The first-order valence-corrected chi connectivity index (χ1v) is 8.96. The number of aryl methyl sites for hydroxylation is 2. The summed E-state index contributed by atoms with van der Waals surface area (Å²) in [4.78, 5) is 28.8. The quantitative estimate of drug-likeness (QED) is 0.877. The molecule has 25 heavy (non-hydrogen) atoms. The summed E-state index contributed by atoms with van der Waals surface area (Å²) in [7, 11) is 0. The number of carbonyl (C=O) groups is 2. The number of carbonyl (C=O) groups excluding carboxylic acids is 2. The highest BCUT2D eigenvalue weighted by molar-refractivity contribution is 5.95. The van der Waals surface area contributed by atoms with Crippen LogP contribution >= 0.6 is 0 Å². The van der Waals surface area contributed by atoms with Crippen LogP contribution in [-0.2, 0) is 9.53 Å². The summed E-state index contributed by atoms with van der Waals surface area (Å²) >= 11 is 0. The maximum absolute atomic E-state index is 12.6. The van der Waals surface area contributed by atoms with E-state index in [9.17, 15) is 9.59 Å². The van der Waals surface area contributed by atoms with Crippen molar-refractivity contribution in [3.63, 3.8) is 0 Å². The Bertz CT molecular complexity index is 628. The van der Waals surface area contributed by atoms with Crippen LogP contribution in [0.25, 0.3) is 0 Å². The maximum Gasteiger partial charge on any atom is 0.257 e. The molecule has 2 aliphatic rings. The van der Waals surface area contributed by atoms with Gasteiger partial charge in [-0.05, 0) is 38.7 Å². The number of piperazine rings is 1. The van der Waals surface area contributed by atoms with E-state index >= 15 is 0 Å². The zero-order valence-electron chi connectivity index (χ0n) is 15.0. The highest BCUT2D eigenvalue weighted by Crippen LogP contribution is 2.20. The van der Waals surface area contributed by atoms with E-state index in [1.807, 2.05) is 6.92 Å². The highest BCUT2D eigenvalue weighted by atomic mass is 16.5. The second-order valence-corrected chi connectivity index (χ2v) is 6.92. The molecule has 0 radical (unpaired) electrons. The number of amides is 2. The molecule has 2 saturated heterocycles. The minimum Gasteiger partial charge on any atom is -0.466 e. The van der Waals surface area contributed by atoms with Gasteiger partial charge in [0.15, 0.2) is 0 Å². The first kappa shape index (κ1) is 17.9. The van der Waals surface area contributed by atoms with Crippen LogP contribution in [0.2, 0.25) is 0 Å². The molecule has 1 unspecified atom stereocenters. The number of hydrogen-bond donors (Lipinski definition) is 1. The van der Waals surface area contributed by atoms with E-state index in [4.69, 9.17) is 14.9 Å². The van der Waals surface area contributed by atoms with Gasteiger partial charge in [-0.2, -0.15) is 0 Å². The van der Waals surface area contributed by atoms with E-state index in [-0.39, 0.29) is 17.7 Å². The topological polar surface area (TPSA) is 89.0 Å². The molecule has 2 N–H and O–H groups in total. The van der Waals surface area contributed by atoms with Gasteiger partial charge in [0.25, 0.3) is 5.91 Å². The van der Waals surface area contributed by atoms with Crippen molar-refractivity contribution in [2.24, 2.45) is 11.7 Å². The van der Waals surface area contributed by atoms with Gasteiger partial charge in [-0.3, -0.25) is 9.59 Å². The Labute approximate surface area is 148 Å². The molecule has 0 aromatic carbocycles. The van der Waals surface area contributed by atoms with E-state index in [1.54, 1.807) is 22.8 Å². The Morgan fingerprint density at radius 2 is 1.72 bits per heavy atom. The molecule has 1 aromatic rings. The van der Waals surface area contributed by atoms with Gasteiger partial charge in [0, 0.05) is 39.4 Å². The number of ether oxygens (including phenoxy) is 1. The summed E-state index contributed by atoms with van der Waals surface area (Å²) in [6.07, 6.45) is 1.68. The Morgan fingerprint density at radius 1 is 1.12 bits per heavy atom. The predicted molar refractivity (Wildman–Crippen MR) is 92.2 cm³/mol. The normalized spacial score (nSPS) is 20.6. The van der Waals surface area contributed by atoms with Gasteiger partial charge in [-0.1, -0.05) is 0 Å². The van der Waals surface area contributed by atoms with E-state index in [0.29, 0.717) is 50.7 Å². The fraction of sp³-hybridized carbons (Fsp3) is 0.667. The van der Waals surface area contributed by atoms with Crippen molar-refractivity contribution in [3.8, 4) is 0 Å². The van der Waals surface area contributed by atoms with Gasteiger partial charge in [0.1, 0.15) is 11.5 Å². The summed E-state index contributed by atoms with van der Waals surface area (Å²) in [6, 6.07) is 1.31. The van der Waals surface area contributed by atoms with E-state index in [1.165, 1.54) is 0 Å². The molecule has 3 rings (SSSR count). The molecule has 0 spiro atoms. The Hall–Kier alpha value is -1.86. The van der Waals surface area contributed by atoms with Crippen LogP contribution in [0.5, 0.6) is 0 Å². The highest BCUT2D eigenvalue weighted by Gasteiger charge is 2.32. The molecule has 1 atom stereocenters. The first-order valence-electron chi connectivity index (χ1n) is 8.96. The smallest absolute Gasteiger partial charge is 0.257 e. The average molecular weight is 349 g/mol. The lowest BCUT2D eigenvalue weighted by atomic mass is 9.91. The summed E-state index contributed by atoms with van der Waals surface area (Å²) < 4.78 is 10.8. The number of rotatable bonds is 3. The number of nitrogens with zero attached hydrogens (tertiary/aromatic N) is 2. The molecule has 0 saturated carbocycles. The van der Waals surface area contributed by atoms with Crippen molar-refractivity contribution in [1.82, 2.24) is 9.80 Å². The molecule has 138 valence electrons. The standard InChI is InChI=1S/C18H27N3O4/c1-12-11-15(13(2)25-12)17(22)20-5-7-21(8-6-20)18(23)16(19)14-3-9-24-10-4-14/h11,14,16H,3-10,19H2,1-2H3. The molecule has 2 fully saturated rings. The zero-order chi connectivity index (χ0) is 18.0. The van der Waals surface area contributed by atoms with Gasteiger partial charge < -0.3 is 24.7 Å². The molecular weight excluding hydrogens is 322 g/mol. The van der Waals surface area contributed by atoms with Crippen molar-refractivity contribution in [1.29, 1.82) is 0 Å². The van der Waals surface area contributed by atoms with Crippen LogP contribution in [0, 0.1) is 19.8 Å². The SMILES string of the molecule is Cc1cc(C(=O)N2CCN(C(=O)C(N)C3CCOCC3)CC2)c(C)o1. The van der Waals surface area contributed by atoms with E-state index in [2.05, 4.69) is 0 Å². The number of nitrogens with two attached hydrogens (primary N) is 1. The lowest BCUT2D eigenvalue weighted by molar-refractivity contribution is -0.136. The monoisotopic (exact) mass is 349 g/mol. The number of hydrogen-bond acceptors (Lipinski definition) is 5. The molecule has 1 aromatic heterocycles. The van der Waals surface area contributed by atoms with Crippen LogP contribution in [0.15, 0.2) is 10.5 Å². The third kappa shape index (κ3) is 3.88. The third-order valence-corrected chi connectivity index (χ3v) is 5.21. The van der Waals surface area contributed by atoms with Gasteiger partial charge in [-0.15, -0.1) is 0 Å². The predicted octanol–water partition coefficient (Wildman–Crippen LogP) is 0.935. The van der Waals surface area contributed by atoms with Crippen LogP contribution < -0.4 is 5.73 Å². The van der Waals surface area contributed by atoms with Gasteiger partial charge in [0.2, 0.25) is 5.91 Å². The van der Waals surface area contributed by atoms with E-state index in [0.717, 1.165) is 18.6 Å². The van der Waals surface area contributed by atoms with Crippen molar-refractivity contribution in [2.45, 2.75) is 32.7 Å². The second-order valence-electron chi connectivity index (χ2n) is 6.92. The van der Waals surface area contributed by atoms with Crippen LogP contribution in [-0.4, -0.2) is 67.0 Å².